The number of thioether (sulfide) groups is 2. The first-order valence-corrected chi connectivity index (χ1v) is 13.6. The Balaban J connectivity index is 1.31. The number of benzene rings is 3. The molecule has 1 aromatic heterocycles. The fraction of sp³-hybridized carbons (Fsp3) is 0.259. The zero-order valence-corrected chi connectivity index (χ0v) is 20.8. The number of carboxylic acid groups (broad SMARTS) is 1. The number of nitrogens with zero attached hydrogens (tertiary/aromatic N) is 3. The molecule has 8 heteroatoms. The van der Waals surface area contributed by atoms with Crippen molar-refractivity contribution >= 4 is 40.4 Å². The fourth-order valence-electron chi connectivity index (χ4n) is 4.79. The van der Waals surface area contributed by atoms with Crippen LogP contribution in [0.4, 0.5) is 0 Å². The summed E-state index contributed by atoms with van der Waals surface area (Å²) in [6, 6.07) is 23.9. The normalized spacial score (nSPS) is 19.7. The number of hydrogen-bond acceptors (Lipinski definition) is 6. The molecular formula is C27H25N3O3S2. The van der Waals surface area contributed by atoms with Gasteiger partial charge in [-0.2, -0.15) is 0 Å². The van der Waals surface area contributed by atoms with Gasteiger partial charge in [0.05, 0.1) is 17.8 Å². The van der Waals surface area contributed by atoms with Crippen LogP contribution in [0.15, 0.2) is 87.4 Å². The number of fused-ring (bicyclic) bond motifs is 1. The van der Waals surface area contributed by atoms with Crippen LogP contribution in [0.3, 0.4) is 0 Å². The molecule has 1 saturated carbocycles. The summed E-state index contributed by atoms with van der Waals surface area (Å²) < 4.78 is 1.33. The standard InChI is InChI=1S/C27H25N3O3S2/c1-34-20-11-6-17(7-12-20)18-8-13-21(14-9-18)35-24-15-10-19(25(24)27(32)33)16-30-26(31)22-4-2-3-5-23(22)28-29-30/h2-9,11-14,19,24-25H,10,15-16H2,1H3,(H,32,33)/t19-,24-,25-/m0/s1. The van der Waals surface area contributed by atoms with E-state index in [1.54, 1.807) is 41.7 Å². The van der Waals surface area contributed by atoms with Crippen LogP contribution in [0.25, 0.3) is 22.0 Å². The molecule has 178 valence electrons. The Kier molecular flexibility index (Phi) is 6.92. The Bertz CT molecular complexity index is 1400. The smallest absolute Gasteiger partial charge is 0.307 e. The molecule has 0 bridgehead atoms. The summed E-state index contributed by atoms with van der Waals surface area (Å²) in [4.78, 5) is 27.4. The van der Waals surface area contributed by atoms with Crippen molar-refractivity contribution in [2.75, 3.05) is 6.26 Å². The lowest BCUT2D eigenvalue weighted by atomic mass is 9.96. The Labute approximate surface area is 211 Å². The molecule has 0 spiro atoms. The van der Waals surface area contributed by atoms with Crippen LogP contribution in [0, 0.1) is 11.8 Å². The number of aromatic nitrogens is 3. The van der Waals surface area contributed by atoms with Crippen LogP contribution in [-0.4, -0.2) is 37.6 Å². The number of carboxylic acids is 1. The van der Waals surface area contributed by atoms with E-state index in [0.717, 1.165) is 28.9 Å². The van der Waals surface area contributed by atoms with Crippen molar-refractivity contribution < 1.29 is 9.90 Å². The van der Waals surface area contributed by atoms with E-state index in [0.29, 0.717) is 10.9 Å². The third-order valence-electron chi connectivity index (χ3n) is 6.62. The van der Waals surface area contributed by atoms with Crippen molar-refractivity contribution in [1.82, 2.24) is 15.0 Å². The van der Waals surface area contributed by atoms with Gasteiger partial charge in [0.2, 0.25) is 0 Å². The second-order valence-electron chi connectivity index (χ2n) is 8.70. The molecule has 0 saturated heterocycles. The number of rotatable bonds is 7. The number of hydrogen-bond donors (Lipinski definition) is 1. The first-order chi connectivity index (χ1) is 17.0. The predicted molar refractivity (Wildman–Crippen MR) is 141 cm³/mol. The van der Waals surface area contributed by atoms with Gasteiger partial charge in [-0.15, -0.1) is 28.6 Å². The summed E-state index contributed by atoms with van der Waals surface area (Å²) in [7, 11) is 0. The second kappa shape index (κ2) is 10.3. The predicted octanol–water partition coefficient (Wildman–Crippen LogP) is 5.45. The highest BCUT2D eigenvalue weighted by atomic mass is 32.2. The van der Waals surface area contributed by atoms with E-state index in [4.69, 9.17) is 0 Å². The number of carbonyl (C=O) groups is 1. The van der Waals surface area contributed by atoms with E-state index in [9.17, 15) is 14.7 Å². The van der Waals surface area contributed by atoms with Crippen molar-refractivity contribution in [3.05, 3.63) is 83.2 Å². The van der Waals surface area contributed by atoms with Gasteiger partial charge in [-0.1, -0.05) is 41.6 Å². The lowest BCUT2D eigenvalue weighted by Gasteiger charge is -2.21. The summed E-state index contributed by atoms with van der Waals surface area (Å²) in [5.74, 6) is -1.55. The molecule has 3 aromatic carbocycles. The van der Waals surface area contributed by atoms with Crippen LogP contribution >= 0.6 is 23.5 Å². The van der Waals surface area contributed by atoms with Gasteiger partial charge in [0.15, 0.2) is 0 Å². The highest BCUT2D eigenvalue weighted by Crippen LogP contribution is 2.43. The van der Waals surface area contributed by atoms with Crippen molar-refractivity contribution in [3.63, 3.8) is 0 Å². The molecule has 1 N–H and O–H groups in total. The summed E-state index contributed by atoms with van der Waals surface area (Å²) in [5, 5.41) is 18.7. The zero-order valence-electron chi connectivity index (χ0n) is 19.2. The molecule has 0 unspecified atom stereocenters. The quantitative estimate of drug-likeness (QED) is 0.336. The van der Waals surface area contributed by atoms with E-state index in [1.165, 1.54) is 9.58 Å². The maximum absolute atomic E-state index is 12.9. The summed E-state index contributed by atoms with van der Waals surface area (Å²) >= 11 is 3.33. The Morgan fingerprint density at radius 3 is 2.29 bits per heavy atom. The van der Waals surface area contributed by atoms with Gasteiger partial charge in [-0.25, -0.2) is 4.68 Å². The minimum atomic E-state index is -0.822. The molecule has 0 radical (unpaired) electrons. The minimum Gasteiger partial charge on any atom is -0.481 e. The lowest BCUT2D eigenvalue weighted by molar-refractivity contribution is -0.142. The van der Waals surface area contributed by atoms with Crippen molar-refractivity contribution in [1.29, 1.82) is 0 Å². The molecule has 3 atom stereocenters. The van der Waals surface area contributed by atoms with Crippen LogP contribution in [0.2, 0.25) is 0 Å². The van der Waals surface area contributed by atoms with Crippen LogP contribution in [0.1, 0.15) is 12.8 Å². The van der Waals surface area contributed by atoms with Crippen molar-refractivity contribution in [2.24, 2.45) is 11.8 Å². The van der Waals surface area contributed by atoms with E-state index in [-0.39, 0.29) is 23.3 Å². The summed E-state index contributed by atoms with van der Waals surface area (Å²) in [5.41, 5.74) is 2.62. The molecule has 0 amide bonds. The molecule has 35 heavy (non-hydrogen) atoms. The van der Waals surface area contributed by atoms with Crippen LogP contribution < -0.4 is 5.56 Å². The topological polar surface area (TPSA) is 85.1 Å². The van der Waals surface area contributed by atoms with Crippen molar-refractivity contribution in [3.8, 4) is 11.1 Å². The molecule has 1 fully saturated rings. The fourth-order valence-corrected chi connectivity index (χ4v) is 6.58. The first-order valence-electron chi connectivity index (χ1n) is 11.5. The first kappa shape index (κ1) is 23.6. The molecule has 0 aliphatic heterocycles. The average molecular weight is 504 g/mol. The SMILES string of the molecule is CSc1ccc(-c2ccc(S[C@H]3CC[C@@H](Cn4nnc5ccccc5c4=O)[C@@H]3C(=O)O)cc2)cc1. The summed E-state index contributed by atoms with van der Waals surface area (Å²) in [6.07, 6.45) is 3.57. The molecule has 1 aliphatic carbocycles. The van der Waals surface area contributed by atoms with E-state index >= 15 is 0 Å². The van der Waals surface area contributed by atoms with Gasteiger partial charge < -0.3 is 5.11 Å². The van der Waals surface area contributed by atoms with E-state index < -0.39 is 11.9 Å². The second-order valence-corrected chi connectivity index (χ2v) is 10.9. The van der Waals surface area contributed by atoms with Gasteiger partial charge in [0, 0.05) is 15.0 Å². The van der Waals surface area contributed by atoms with E-state index in [1.807, 2.05) is 6.07 Å². The van der Waals surface area contributed by atoms with Gasteiger partial charge in [-0.3, -0.25) is 9.59 Å². The Morgan fingerprint density at radius 1 is 0.971 bits per heavy atom. The lowest BCUT2D eigenvalue weighted by Crippen LogP contribution is -2.33. The van der Waals surface area contributed by atoms with Gasteiger partial charge in [0.1, 0.15) is 5.52 Å². The zero-order chi connectivity index (χ0) is 24.4. The van der Waals surface area contributed by atoms with E-state index in [2.05, 4.69) is 65.1 Å². The monoisotopic (exact) mass is 503 g/mol. The van der Waals surface area contributed by atoms with Gasteiger partial charge in [0.25, 0.3) is 5.56 Å². The third kappa shape index (κ3) is 4.99. The maximum Gasteiger partial charge on any atom is 0.307 e. The third-order valence-corrected chi connectivity index (χ3v) is 8.74. The van der Waals surface area contributed by atoms with Crippen molar-refractivity contribution in [2.45, 2.75) is 34.4 Å². The molecule has 5 rings (SSSR count). The highest BCUT2D eigenvalue weighted by Gasteiger charge is 2.42. The molecule has 1 heterocycles. The molecular weight excluding hydrogens is 478 g/mol. The maximum atomic E-state index is 12.9. The van der Waals surface area contributed by atoms with Gasteiger partial charge >= 0.3 is 5.97 Å². The summed E-state index contributed by atoms with van der Waals surface area (Å²) in [6.45, 7) is 0.260. The van der Waals surface area contributed by atoms with Crippen LogP contribution in [-0.2, 0) is 11.3 Å². The highest BCUT2D eigenvalue weighted by molar-refractivity contribution is 8.00. The average Bonchev–Trinajstić information content (AvgIpc) is 3.28. The Morgan fingerprint density at radius 2 is 1.63 bits per heavy atom. The molecule has 6 nitrogen and oxygen atoms in total. The molecule has 1 aliphatic rings. The number of aliphatic carboxylic acids is 1. The minimum absolute atomic E-state index is 0.0617. The molecule has 4 aromatic rings. The van der Waals surface area contributed by atoms with Crippen LogP contribution in [0.5, 0.6) is 0 Å². The largest absolute Gasteiger partial charge is 0.481 e. The Hall–Kier alpha value is -3.10. The van der Waals surface area contributed by atoms with Gasteiger partial charge in [-0.05, 0) is 72.5 Å².